The van der Waals surface area contributed by atoms with Gasteiger partial charge in [0.15, 0.2) is 6.61 Å². The second kappa shape index (κ2) is 9.57. The molecule has 1 atom stereocenters. The summed E-state index contributed by atoms with van der Waals surface area (Å²) in [7, 11) is 0. The molecule has 1 heterocycles. The minimum absolute atomic E-state index is 0.0633. The van der Waals surface area contributed by atoms with Crippen molar-refractivity contribution in [2.45, 2.75) is 6.04 Å². The Morgan fingerprint density at radius 2 is 1.81 bits per heavy atom. The molecule has 1 fully saturated rings. The van der Waals surface area contributed by atoms with E-state index >= 15 is 0 Å². The van der Waals surface area contributed by atoms with Crippen LogP contribution in [0.2, 0.25) is 5.02 Å². The highest BCUT2D eigenvalue weighted by atomic mass is 35.5. The summed E-state index contributed by atoms with van der Waals surface area (Å²) in [6, 6.07) is 17.1. The number of carbonyl (C=O) groups excluding carboxylic acids is 1. The van der Waals surface area contributed by atoms with Crippen LogP contribution in [0.3, 0.4) is 0 Å². The maximum absolute atomic E-state index is 12.4. The van der Waals surface area contributed by atoms with Crippen molar-refractivity contribution in [1.82, 2.24) is 5.32 Å². The number of hydrogen-bond donors (Lipinski definition) is 2. The highest BCUT2D eigenvalue weighted by Gasteiger charge is 2.23. The maximum Gasteiger partial charge on any atom is 0.258 e. The fourth-order valence-electron chi connectivity index (χ4n) is 3.03. The SMILES string of the molecule is O=C(COc1ccccc1Cl)N[C@@H](C[NH+]1CCOCC1)c1ccccc1. The minimum Gasteiger partial charge on any atom is -0.482 e. The van der Waals surface area contributed by atoms with Crippen LogP contribution in [0, 0.1) is 0 Å². The Hall–Kier alpha value is -2.08. The normalized spacial score (nSPS) is 16.0. The Morgan fingerprint density at radius 3 is 2.54 bits per heavy atom. The van der Waals surface area contributed by atoms with Gasteiger partial charge in [-0.1, -0.05) is 54.1 Å². The molecule has 2 aromatic rings. The molecule has 5 nitrogen and oxygen atoms in total. The lowest BCUT2D eigenvalue weighted by molar-refractivity contribution is -0.909. The van der Waals surface area contributed by atoms with Gasteiger partial charge in [-0.25, -0.2) is 0 Å². The van der Waals surface area contributed by atoms with Gasteiger partial charge in [0.1, 0.15) is 31.4 Å². The predicted molar refractivity (Wildman–Crippen MR) is 101 cm³/mol. The van der Waals surface area contributed by atoms with E-state index in [0.29, 0.717) is 10.8 Å². The molecule has 3 rings (SSSR count). The van der Waals surface area contributed by atoms with E-state index in [1.807, 2.05) is 42.5 Å². The minimum atomic E-state index is -0.161. The van der Waals surface area contributed by atoms with Crippen molar-refractivity contribution in [3.05, 3.63) is 65.2 Å². The van der Waals surface area contributed by atoms with Crippen LogP contribution in [0.1, 0.15) is 11.6 Å². The summed E-state index contributed by atoms with van der Waals surface area (Å²) in [6.07, 6.45) is 0. The number of amides is 1. The number of morpholine rings is 1. The van der Waals surface area contributed by atoms with Crippen molar-refractivity contribution in [3.8, 4) is 5.75 Å². The van der Waals surface area contributed by atoms with Gasteiger partial charge in [-0.15, -0.1) is 0 Å². The third-order valence-corrected chi connectivity index (χ3v) is 4.74. The molecule has 1 aliphatic rings. The summed E-state index contributed by atoms with van der Waals surface area (Å²) in [4.78, 5) is 13.9. The number of quaternary nitrogens is 1. The molecular weight excluding hydrogens is 352 g/mol. The van der Waals surface area contributed by atoms with Gasteiger partial charge in [0.05, 0.1) is 18.2 Å². The largest absolute Gasteiger partial charge is 0.482 e. The van der Waals surface area contributed by atoms with Crippen molar-refractivity contribution in [2.75, 3.05) is 39.5 Å². The first-order chi connectivity index (χ1) is 12.7. The van der Waals surface area contributed by atoms with Crippen LogP contribution in [0.25, 0.3) is 0 Å². The molecule has 26 heavy (non-hydrogen) atoms. The molecule has 2 aromatic carbocycles. The van der Waals surface area contributed by atoms with Crippen LogP contribution in [-0.2, 0) is 9.53 Å². The predicted octanol–water partition coefficient (Wildman–Crippen LogP) is 1.49. The third-order valence-electron chi connectivity index (χ3n) is 4.43. The van der Waals surface area contributed by atoms with Gasteiger partial charge < -0.3 is 19.7 Å². The molecule has 1 saturated heterocycles. The van der Waals surface area contributed by atoms with Crippen molar-refractivity contribution >= 4 is 17.5 Å². The van der Waals surface area contributed by atoms with Crippen LogP contribution in [0.4, 0.5) is 0 Å². The smallest absolute Gasteiger partial charge is 0.258 e. The van der Waals surface area contributed by atoms with Crippen molar-refractivity contribution < 1.29 is 19.2 Å². The standard InChI is InChI=1S/C20H23ClN2O3/c21-17-8-4-5-9-19(17)26-15-20(24)22-18(16-6-2-1-3-7-16)14-23-10-12-25-13-11-23/h1-9,18H,10-15H2,(H,22,24)/p+1/t18-/m0/s1. The van der Waals surface area contributed by atoms with Gasteiger partial charge >= 0.3 is 0 Å². The van der Waals surface area contributed by atoms with E-state index in [0.717, 1.165) is 38.4 Å². The van der Waals surface area contributed by atoms with Gasteiger partial charge in [0.2, 0.25) is 0 Å². The van der Waals surface area contributed by atoms with Gasteiger partial charge in [-0.05, 0) is 17.7 Å². The van der Waals surface area contributed by atoms with Crippen LogP contribution in [0.15, 0.2) is 54.6 Å². The number of carbonyl (C=O) groups is 1. The Labute approximate surface area is 158 Å². The van der Waals surface area contributed by atoms with Gasteiger partial charge in [0.25, 0.3) is 5.91 Å². The lowest BCUT2D eigenvalue weighted by atomic mass is 10.1. The number of nitrogens with one attached hydrogen (secondary N) is 2. The summed E-state index contributed by atoms with van der Waals surface area (Å²) in [6.45, 7) is 4.20. The highest BCUT2D eigenvalue weighted by Crippen LogP contribution is 2.22. The molecule has 0 unspecified atom stereocenters. The van der Waals surface area contributed by atoms with E-state index in [9.17, 15) is 4.79 Å². The average molecular weight is 376 g/mol. The molecule has 6 heteroatoms. The molecule has 138 valence electrons. The van der Waals surface area contributed by atoms with Crippen LogP contribution >= 0.6 is 11.6 Å². The molecule has 1 amide bonds. The molecule has 0 saturated carbocycles. The summed E-state index contributed by atoms with van der Waals surface area (Å²) in [5.41, 5.74) is 1.09. The Balaban J connectivity index is 1.61. The summed E-state index contributed by atoms with van der Waals surface area (Å²) < 4.78 is 11.0. The molecule has 0 aromatic heterocycles. The van der Waals surface area contributed by atoms with E-state index < -0.39 is 0 Å². The molecule has 0 radical (unpaired) electrons. The lowest BCUT2D eigenvalue weighted by Gasteiger charge is -2.28. The van der Waals surface area contributed by atoms with Gasteiger partial charge in [0, 0.05) is 0 Å². The monoisotopic (exact) mass is 375 g/mol. The molecule has 0 bridgehead atoms. The first kappa shape index (κ1) is 18.7. The molecule has 0 aliphatic carbocycles. The van der Waals surface area contributed by atoms with Crippen LogP contribution in [0.5, 0.6) is 5.75 Å². The van der Waals surface area contributed by atoms with Crippen molar-refractivity contribution in [2.24, 2.45) is 0 Å². The zero-order valence-corrected chi connectivity index (χ0v) is 15.4. The first-order valence-electron chi connectivity index (χ1n) is 8.85. The zero-order chi connectivity index (χ0) is 18.2. The zero-order valence-electron chi connectivity index (χ0n) is 14.6. The molecular formula is C20H24ClN2O3+. The van der Waals surface area contributed by atoms with Crippen molar-refractivity contribution in [3.63, 3.8) is 0 Å². The van der Waals surface area contributed by atoms with Crippen LogP contribution in [-0.4, -0.2) is 45.4 Å². The van der Waals surface area contributed by atoms with E-state index in [2.05, 4.69) is 5.32 Å². The second-order valence-electron chi connectivity index (χ2n) is 6.32. The molecule has 2 N–H and O–H groups in total. The molecule has 1 aliphatic heterocycles. The number of halogens is 1. The topological polar surface area (TPSA) is 52.0 Å². The summed E-state index contributed by atoms with van der Waals surface area (Å²) >= 11 is 6.07. The number of hydrogen-bond acceptors (Lipinski definition) is 3. The van der Waals surface area contributed by atoms with Gasteiger partial charge in [-0.3, -0.25) is 4.79 Å². The second-order valence-corrected chi connectivity index (χ2v) is 6.72. The number of para-hydroxylation sites is 1. The average Bonchev–Trinajstić information content (AvgIpc) is 2.68. The van der Waals surface area contributed by atoms with E-state index in [4.69, 9.17) is 21.1 Å². The summed E-state index contributed by atoms with van der Waals surface area (Å²) in [5.74, 6) is 0.353. The van der Waals surface area contributed by atoms with Crippen molar-refractivity contribution in [1.29, 1.82) is 0 Å². The maximum atomic E-state index is 12.4. The van der Waals surface area contributed by atoms with E-state index in [1.54, 1.807) is 12.1 Å². The lowest BCUT2D eigenvalue weighted by Crippen LogP contribution is -3.14. The van der Waals surface area contributed by atoms with E-state index in [-0.39, 0.29) is 18.6 Å². The fraction of sp³-hybridized carbons (Fsp3) is 0.350. The van der Waals surface area contributed by atoms with Crippen LogP contribution < -0.4 is 15.0 Å². The highest BCUT2D eigenvalue weighted by molar-refractivity contribution is 6.32. The molecule has 0 spiro atoms. The van der Waals surface area contributed by atoms with E-state index in [1.165, 1.54) is 4.90 Å². The number of ether oxygens (including phenoxy) is 2. The summed E-state index contributed by atoms with van der Waals surface area (Å²) in [5, 5.41) is 3.60. The quantitative estimate of drug-likeness (QED) is 0.771. The third kappa shape index (κ3) is 5.46. The Bertz CT molecular complexity index is 705. The first-order valence-corrected chi connectivity index (χ1v) is 9.23. The number of rotatable bonds is 7. The fourth-order valence-corrected chi connectivity index (χ4v) is 3.22. The number of benzene rings is 2. The Morgan fingerprint density at radius 1 is 1.12 bits per heavy atom. The Kier molecular flexibility index (Phi) is 6.89. The van der Waals surface area contributed by atoms with Gasteiger partial charge in [-0.2, -0.15) is 0 Å².